The van der Waals surface area contributed by atoms with Crippen molar-refractivity contribution in [2.24, 2.45) is 0 Å². The lowest BCUT2D eigenvalue weighted by Crippen LogP contribution is -2.00. The molecule has 13 heavy (non-hydrogen) atoms. The van der Waals surface area contributed by atoms with Gasteiger partial charge >= 0.3 is 0 Å². The Kier molecular flexibility index (Phi) is 2.55. The molecule has 0 radical (unpaired) electrons. The molecular weight excluding hydrogens is 170 g/mol. The van der Waals surface area contributed by atoms with Crippen molar-refractivity contribution in [2.45, 2.75) is 12.8 Å². The number of hydrogen-bond acceptors (Lipinski definition) is 4. The minimum atomic E-state index is -0.554. The number of aromatic nitrogens is 1. The van der Waals surface area contributed by atoms with E-state index in [0.29, 0.717) is 0 Å². The van der Waals surface area contributed by atoms with E-state index in [9.17, 15) is 10.1 Å². The van der Waals surface area contributed by atoms with E-state index < -0.39 is 10.8 Å². The average Bonchev–Trinajstić information content (AvgIpc) is 2.16. The molecule has 0 amide bonds. The monoisotopic (exact) mass is 177 g/mol. The summed E-state index contributed by atoms with van der Waals surface area (Å²) in [5.74, 6) is -0.554. The van der Waals surface area contributed by atoms with E-state index in [0.717, 1.165) is 0 Å². The standard InChI is InChI=1S/C8H7N3O2/c1-6(5-9)8-7(11(12)13)3-2-4-10-8/h2-4,6H,1H3/t6-/m1/s1. The third-order valence-corrected chi connectivity index (χ3v) is 1.62. The molecule has 0 unspecified atom stereocenters. The minimum Gasteiger partial charge on any atom is -0.258 e. The van der Waals surface area contributed by atoms with E-state index in [4.69, 9.17) is 5.26 Å². The summed E-state index contributed by atoms with van der Waals surface area (Å²) in [4.78, 5) is 13.8. The van der Waals surface area contributed by atoms with Crippen LogP contribution in [0.3, 0.4) is 0 Å². The van der Waals surface area contributed by atoms with Crippen LogP contribution < -0.4 is 0 Å². The molecule has 0 bridgehead atoms. The number of pyridine rings is 1. The Morgan fingerprint density at radius 1 is 1.77 bits per heavy atom. The smallest absolute Gasteiger partial charge is 0.258 e. The molecule has 1 heterocycles. The summed E-state index contributed by atoms with van der Waals surface area (Å²) in [6, 6.07) is 4.73. The molecule has 1 rings (SSSR count). The molecule has 5 nitrogen and oxygen atoms in total. The van der Waals surface area contributed by atoms with E-state index in [-0.39, 0.29) is 11.4 Å². The first kappa shape index (κ1) is 9.13. The maximum atomic E-state index is 10.5. The predicted octanol–water partition coefficient (Wildman–Crippen LogP) is 1.62. The first-order valence-corrected chi connectivity index (χ1v) is 3.65. The van der Waals surface area contributed by atoms with Crippen molar-refractivity contribution in [3.8, 4) is 6.07 Å². The molecule has 1 aromatic rings. The van der Waals surface area contributed by atoms with Crippen molar-refractivity contribution in [1.29, 1.82) is 5.26 Å². The van der Waals surface area contributed by atoms with Crippen molar-refractivity contribution < 1.29 is 4.92 Å². The minimum absolute atomic E-state index is 0.100. The highest BCUT2D eigenvalue weighted by Gasteiger charge is 2.18. The van der Waals surface area contributed by atoms with Crippen molar-refractivity contribution in [1.82, 2.24) is 4.98 Å². The van der Waals surface area contributed by atoms with Crippen LogP contribution in [0.1, 0.15) is 18.5 Å². The zero-order valence-corrected chi connectivity index (χ0v) is 6.97. The molecule has 0 saturated heterocycles. The number of nitrogens with zero attached hydrogens (tertiary/aromatic N) is 3. The van der Waals surface area contributed by atoms with E-state index in [1.165, 1.54) is 18.3 Å². The van der Waals surface area contributed by atoms with Crippen LogP contribution in [-0.4, -0.2) is 9.91 Å². The molecule has 0 aliphatic rings. The number of hydrogen-bond donors (Lipinski definition) is 0. The topological polar surface area (TPSA) is 79.8 Å². The van der Waals surface area contributed by atoms with Crippen molar-refractivity contribution in [3.05, 3.63) is 34.1 Å². The molecule has 0 spiro atoms. The highest BCUT2D eigenvalue weighted by Crippen LogP contribution is 2.22. The summed E-state index contributed by atoms with van der Waals surface area (Å²) in [6.45, 7) is 1.58. The largest absolute Gasteiger partial charge is 0.292 e. The zero-order valence-electron chi connectivity index (χ0n) is 6.97. The lowest BCUT2D eigenvalue weighted by Gasteiger charge is -2.01. The first-order chi connectivity index (χ1) is 6.16. The van der Waals surface area contributed by atoms with Crippen molar-refractivity contribution in [2.75, 3.05) is 0 Å². The maximum Gasteiger partial charge on any atom is 0.292 e. The van der Waals surface area contributed by atoms with Crippen LogP contribution in [0, 0.1) is 21.4 Å². The SMILES string of the molecule is C[C@H](C#N)c1ncccc1[N+](=O)[O-]. The Morgan fingerprint density at radius 3 is 3.00 bits per heavy atom. The summed E-state index contributed by atoms with van der Waals surface area (Å²) in [5.41, 5.74) is 0.117. The van der Waals surface area contributed by atoms with Crippen LogP contribution in [0.4, 0.5) is 5.69 Å². The molecule has 0 aliphatic heterocycles. The number of nitro groups is 1. The van der Waals surface area contributed by atoms with Crippen LogP contribution in [0.15, 0.2) is 18.3 Å². The fourth-order valence-corrected chi connectivity index (χ4v) is 0.958. The van der Waals surface area contributed by atoms with Gasteiger partial charge in [0, 0.05) is 12.3 Å². The van der Waals surface area contributed by atoms with Gasteiger partial charge in [0.1, 0.15) is 5.69 Å². The molecule has 1 aromatic heterocycles. The fraction of sp³-hybridized carbons (Fsp3) is 0.250. The Hall–Kier alpha value is -1.96. The predicted molar refractivity (Wildman–Crippen MR) is 44.9 cm³/mol. The van der Waals surface area contributed by atoms with Crippen LogP contribution in [0.2, 0.25) is 0 Å². The van der Waals surface area contributed by atoms with Crippen LogP contribution in [0.25, 0.3) is 0 Å². The number of nitriles is 1. The van der Waals surface area contributed by atoms with Gasteiger partial charge in [-0.3, -0.25) is 15.1 Å². The van der Waals surface area contributed by atoms with E-state index in [1.807, 2.05) is 6.07 Å². The van der Waals surface area contributed by atoms with E-state index in [2.05, 4.69) is 4.98 Å². The molecule has 0 saturated carbocycles. The Morgan fingerprint density at radius 2 is 2.46 bits per heavy atom. The third-order valence-electron chi connectivity index (χ3n) is 1.62. The molecule has 5 heteroatoms. The van der Waals surface area contributed by atoms with Gasteiger partial charge in [-0.15, -0.1) is 0 Å². The third kappa shape index (κ3) is 1.79. The second-order valence-corrected chi connectivity index (χ2v) is 2.52. The van der Waals surface area contributed by atoms with E-state index >= 15 is 0 Å². The fourth-order valence-electron chi connectivity index (χ4n) is 0.958. The van der Waals surface area contributed by atoms with Crippen LogP contribution in [-0.2, 0) is 0 Å². The summed E-state index contributed by atoms with van der Waals surface area (Å²) in [7, 11) is 0. The van der Waals surface area contributed by atoms with Gasteiger partial charge in [0.25, 0.3) is 5.69 Å². The Labute approximate surface area is 74.8 Å². The highest BCUT2D eigenvalue weighted by molar-refractivity contribution is 5.38. The van der Waals surface area contributed by atoms with Gasteiger partial charge in [-0.2, -0.15) is 5.26 Å². The Balaban J connectivity index is 3.21. The second-order valence-electron chi connectivity index (χ2n) is 2.52. The molecule has 0 aromatic carbocycles. The molecule has 0 fully saturated rings. The average molecular weight is 177 g/mol. The van der Waals surface area contributed by atoms with Crippen molar-refractivity contribution >= 4 is 5.69 Å². The van der Waals surface area contributed by atoms with Crippen molar-refractivity contribution in [3.63, 3.8) is 0 Å². The quantitative estimate of drug-likeness (QED) is 0.507. The second kappa shape index (κ2) is 3.63. The molecule has 0 aliphatic carbocycles. The van der Waals surface area contributed by atoms with Crippen LogP contribution >= 0.6 is 0 Å². The highest BCUT2D eigenvalue weighted by atomic mass is 16.6. The zero-order chi connectivity index (χ0) is 9.84. The summed E-state index contributed by atoms with van der Waals surface area (Å²) >= 11 is 0. The van der Waals surface area contributed by atoms with E-state index in [1.54, 1.807) is 6.92 Å². The number of rotatable bonds is 2. The lowest BCUT2D eigenvalue weighted by molar-refractivity contribution is -0.386. The van der Waals surface area contributed by atoms with Gasteiger partial charge in [-0.05, 0) is 13.0 Å². The van der Waals surface area contributed by atoms with Gasteiger partial charge in [0.2, 0.25) is 0 Å². The Bertz CT molecular complexity index is 370. The first-order valence-electron chi connectivity index (χ1n) is 3.65. The van der Waals surface area contributed by atoms with Gasteiger partial charge in [0.05, 0.1) is 16.9 Å². The van der Waals surface area contributed by atoms with Gasteiger partial charge in [-0.25, -0.2) is 0 Å². The summed E-state index contributed by atoms with van der Waals surface area (Å²) in [5, 5.41) is 19.1. The van der Waals surface area contributed by atoms with Gasteiger partial charge < -0.3 is 0 Å². The molecular formula is C8H7N3O2. The summed E-state index contributed by atoms with van der Waals surface area (Å²) in [6.07, 6.45) is 1.44. The maximum absolute atomic E-state index is 10.5. The van der Waals surface area contributed by atoms with Gasteiger partial charge in [0.15, 0.2) is 0 Å². The summed E-state index contributed by atoms with van der Waals surface area (Å²) < 4.78 is 0. The lowest BCUT2D eigenvalue weighted by atomic mass is 10.1. The van der Waals surface area contributed by atoms with Crippen LogP contribution in [0.5, 0.6) is 0 Å². The molecule has 1 atom stereocenters. The molecule has 66 valence electrons. The molecule has 0 N–H and O–H groups in total. The van der Waals surface area contributed by atoms with Gasteiger partial charge in [-0.1, -0.05) is 0 Å². The normalized spacial score (nSPS) is 11.7.